The average Bonchev–Trinajstić information content (AvgIpc) is 2.73. The maximum Gasteiger partial charge on any atom is 0.296 e. The molecule has 9 nitrogen and oxygen atoms in total. The first kappa shape index (κ1) is 20.4. The number of phenols is 1. The first-order valence-electron chi connectivity index (χ1n) is 9.41. The van der Waals surface area contributed by atoms with Gasteiger partial charge in [0.05, 0.1) is 50.0 Å². The molecule has 1 aliphatic rings. The first-order valence-corrected chi connectivity index (χ1v) is 9.41. The molecule has 3 rings (SSSR count). The van der Waals surface area contributed by atoms with E-state index in [-0.39, 0.29) is 29.1 Å². The third kappa shape index (κ3) is 4.57. The monoisotopic (exact) mass is 401 g/mol. The van der Waals surface area contributed by atoms with Crippen LogP contribution in [0.15, 0.2) is 42.5 Å². The van der Waals surface area contributed by atoms with Gasteiger partial charge < -0.3 is 25.0 Å². The van der Waals surface area contributed by atoms with Gasteiger partial charge in [0.25, 0.3) is 11.6 Å². The van der Waals surface area contributed by atoms with Gasteiger partial charge in [-0.2, -0.15) is 0 Å². The highest BCUT2D eigenvalue weighted by atomic mass is 16.6. The number of nitrogens with one attached hydrogen (secondary N) is 2. The number of quaternary nitrogens is 1. The van der Waals surface area contributed by atoms with E-state index in [0.29, 0.717) is 31.9 Å². The van der Waals surface area contributed by atoms with E-state index in [0.717, 1.165) is 10.6 Å². The number of hydrogen-bond donors (Lipinski definition) is 3. The van der Waals surface area contributed by atoms with Crippen molar-refractivity contribution in [3.8, 4) is 11.5 Å². The van der Waals surface area contributed by atoms with E-state index in [9.17, 15) is 20.0 Å². The molecule has 0 radical (unpaired) electrons. The van der Waals surface area contributed by atoms with Crippen LogP contribution in [0.25, 0.3) is 0 Å². The zero-order valence-electron chi connectivity index (χ0n) is 16.4. The second-order valence-corrected chi connectivity index (χ2v) is 6.99. The fourth-order valence-corrected chi connectivity index (χ4v) is 3.52. The number of carbonyl (C=O) groups is 1. The van der Waals surface area contributed by atoms with Crippen molar-refractivity contribution in [3.63, 3.8) is 0 Å². The Morgan fingerprint density at radius 3 is 2.59 bits per heavy atom. The molecule has 1 heterocycles. The molecule has 154 valence electrons. The molecule has 1 aliphatic heterocycles. The van der Waals surface area contributed by atoms with Crippen molar-refractivity contribution in [3.05, 3.63) is 52.6 Å². The molecule has 0 aromatic heterocycles. The smallest absolute Gasteiger partial charge is 0.296 e. The van der Waals surface area contributed by atoms with Crippen LogP contribution < -0.4 is 19.9 Å². The molecule has 9 heteroatoms. The minimum Gasteiger partial charge on any atom is -0.506 e. The van der Waals surface area contributed by atoms with Crippen LogP contribution in [0.4, 0.5) is 17.1 Å². The van der Waals surface area contributed by atoms with Gasteiger partial charge >= 0.3 is 0 Å². The number of piperazine rings is 1. The highest BCUT2D eigenvalue weighted by molar-refractivity contribution is 5.95. The Bertz CT molecular complexity index is 896. The van der Waals surface area contributed by atoms with E-state index in [2.05, 4.69) is 10.2 Å². The second kappa shape index (κ2) is 8.78. The molecule has 0 spiro atoms. The Kier molecular flexibility index (Phi) is 6.18. The Morgan fingerprint density at radius 2 is 1.97 bits per heavy atom. The zero-order valence-corrected chi connectivity index (χ0v) is 16.4. The van der Waals surface area contributed by atoms with E-state index in [1.807, 2.05) is 19.1 Å². The lowest BCUT2D eigenvalue weighted by atomic mass is 10.1. The summed E-state index contributed by atoms with van der Waals surface area (Å²) in [5, 5.41) is 24.0. The summed E-state index contributed by atoms with van der Waals surface area (Å²) in [6, 6.07) is 11.2. The number of nitro benzene ring substituents is 1. The summed E-state index contributed by atoms with van der Waals surface area (Å²) in [4.78, 5) is 26.7. The van der Waals surface area contributed by atoms with Gasteiger partial charge in [-0.05, 0) is 31.2 Å². The summed E-state index contributed by atoms with van der Waals surface area (Å²) in [6.45, 7) is 4.65. The van der Waals surface area contributed by atoms with E-state index >= 15 is 0 Å². The maximum absolute atomic E-state index is 12.7. The van der Waals surface area contributed by atoms with Crippen molar-refractivity contribution in [1.29, 1.82) is 0 Å². The van der Waals surface area contributed by atoms with Gasteiger partial charge in [0.15, 0.2) is 6.04 Å². The third-order valence-electron chi connectivity index (χ3n) is 5.29. The number of para-hydroxylation sites is 2. The van der Waals surface area contributed by atoms with E-state index in [1.54, 1.807) is 18.2 Å². The summed E-state index contributed by atoms with van der Waals surface area (Å²) < 4.78 is 5.02. The predicted octanol–water partition coefficient (Wildman–Crippen LogP) is 1.04. The molecular weight excluding hydrogens is 376 g/mol. The molecule has 0 bridgehead atoms. The lowest BCUT2D eigenvalue weighted by molar-refractivity contribution is -0.914. The number of benzene rings is 2. The minimum absolute atomic E-state index is 0.153. The van der Waals surface area contributed by atoms with Gasteiger partial charge in [0, 0.05) is 0 Å². The lowest BCUT2D eigenvalue weighted by Crippen LogP contribution is -3.19. The molecule has 0 aliphatic carbocycles. The van der Waals surface area contributed by atoms with Crippen molar-refractivity contribution in [1.82, 2.24) is 0 Å². The number of anilines is 2. The van der Waals surface area contributed by atoms with Gasteiger partial charge in [0.1, 0.15) is 17.2 Å². The number of phenolic OH excluding ortho intramolecular Hbond substituents is 1. The van der Waals surface area contributed by atoms with Crippen LogP contribution in [0.2, 0.25) is 0 Å². The van der Waals surface area contributed by atoms with Gasteiger partial charge in [-0.15, -0.1) is 0 Å². The Balaban J connectivity index is 1.63. The van der Waals surface area contributed by atoms with Gasteiger partial charge in [-0.25, -0.2) is 0 Å². The Morgan fingerprint density at radius 1 is 1.28 bits per heavy atom. The number of methoxy groups -OCH3 is 1. The largest absolute Gasteiger partial charge is 0.506 e. The molecular formula is C20H25N4O5+. The van der Waals surface area contributed by atoms with Crippen LogP contribution >= 0.6 is 0 Å². The van der Waals surface area contributed by atoms with Gasteiger partial charge in [0.2, 0.25) is 0 Å². The van der Waals surface area contributed by atoms with E-state index < -0.39 is 4.92 Å². The van der Waals surface area contributed by atoms with Crippen LogP contribution in [0, 0.1) is 10.1 Å². The van der Waals surface area contributed by atoms with Crippen molar-refractivity contribution in [2.45, 2.75) is 13.0 Å². The summed E-state index contributed by atoms with van der Waals surface area (Å²) in [5.41, 5.74) is 0.738. The zero-order chi connectivity index (χ0) is 21.0. The van der Waals surface area contributed by atoms with Crippen molar-refractivity contribution < 1.29 is 24.5 Å². The molecule has 29 heavy (non-hydrogen) atoms. The third-order valence-corrected chi connectivity index (χ3v) is 5.29. The molecule has 1 atom stereocenters. The highest BCUT2D eigenvalue weighted by Gasteiger charge is 2.31. The molecule has 0 unspecified atom stereocenters. The molecule has 1 fully saturated rings. The number of nitrogens with zero attached hydrogens (tertiary/aromatic N) is 2. The Labute approximate surface area is 168 Å². The highest BCUT2D eigenvalue weighted by Crippen LogP contribution is 2.29. The second-order valence-electron chi connectivity index (χ2n) is 6.99. The summed E-state index contributed by atoms with van der Waals surface area (Å²) in [6.07, 6.45) is 0. The van der Waals surface area contributed by atoms with Gasteiger partial charge in [-0.3, -0.25) is 14.9 Å². The average molecular weight is 401 g/mol. The quantitative estimate of drug-likeness (QED) is 0.493. The Hall–Kier alpha value is -3.33. The molecule has 2 aromatic carbocycles. The van der Waals surface area contributed by atoms with Crippen molar-refractivity contribution in [2.75, 3.05) is 43.5 Å². The fraction of sp³-hybridized carbons (Fsp3) is 0.350. The molecule has 0 saturated carbocycles. The summed E-state index contributed by atoms with van der Waals surface area (Å²) >= 11 is 0. The van der Waals surface area contributed by atoms with Crippen LogP contribution in [-0.2, 0) is 4.79 Å². The first-order chi connectivity index (χ1) is 13.9. The van der Waals surface area contributed by atoms with Crippen LogP contribution in [-0.4, -0.2) is 55.3 Å². The minimum atomic E-state index is -0.541. The normalized spacial score (nSPS) is 15.6. The summed E-state index contributed by atoms with van der Waals surface area (Å²) in [5.74, 6) is 0.325. The number of nitro groups is 1. The number of amides is 1. The standard InChI is InChI=1S/C20H24N4O5/c1-14(20(26)21-16-8-7-15(29-2)13-18(16)24(27)28)22-9-11-23(12-10-22)17-5-3-4-6-19(17)25/h3-8,13-14,25H,9-12H2,1-2H3,(H,21,26)/p+1/t14-/m1/s1. The molecule has 1 amide bonds. The number of ether oxygens (including phenoxy) is 1. The number of hydrogen-bond acceptors (Lipinski definition) is 6. The predicted molar refractivity (Wildman–Crippen MR) is 109 cm³/mol. The SMILES string of the molecule is COc1ccc(NC(=O)[C@@H](C)[NH+]2CCN(c3ccccc3O)CC2)c([N+](=O)[O-])c1. The number of carbonyl (C=O) groups excluding carboxylic acids is 1. The number of aromatic hydroxyl groups is 1. The van der Waals surface area contributed by atoms with Crippen molar-refractivity contribution in [2.24, 2.45) is 0 Å². The van der Waals surface area contributed by atoms with Crippen LogP contribution in [0.5, 0.6) is 11.5 Å². The molecule has 3 N–H and O–H groups in total. The summed E-state index contributed by atoms with van der Waals surface area (Å²) in [7, 11) is 1.43. The van der Waals surface area contributed by atoms with Gasteiger partial charge in [-0.1, -0.05) is 12.1 Å². The molecule has 1 saturated heterocycles. The topological polar surface area (TPSA) is 109 Å². The van der Waals surface area contributed by atoms with E-state index in [4.69, 9.17) is 4.74 Å². The number of rotatable bonds is 6. The van der Waals surface area contributed by atoms with E-state index in [1.165, 1.54) is 19.2 Å². The lowest BCUT2D eigenvalue weighted by Gasteiger charge is -2.36. The molecule has 2 aromatic rings. The maximum atomic E-state index is 12.7. The van der Waals surface area contributed by atoms with Crippen LogP contribution in [0.1, 0.15) is 6.92 Å². The van der Waals surface area contributed by atoms with Crippen molar-refractivity contribution >= 4 is 23.0 Å². The van der Waals surface area contributed by atoms with Crippen LogP contribution in [0.3, 0.4) is 0 Å². The fourth-order valence-electron chi connectivity index (χ4n) is 3.52.